The van der Waals surface area contributed by atoms with Crippen molar-refractivity contribution in [1.29, 1.82) is 0 Å². The summed E-state index contributed by atoms with van der Waals surface area (Å²) >= 11 is 0. The highest BCUT2D eigenvalue weighted by molar-refractivity contribution is 5.90. The lowest BCUT2D eigenvalue weighted by atomic mass is 10.1. The Morgan fingerprint density at radius 2 is 2.10 bits per heavy atom. The maximum atomic E-state index is 11.2. The van der Waals surface area contributed by atoms with Gasteiger partial charge in [0.15, 0.2) is 0 Å². The van der Waals surface area contributed by atoms with Gasteiger partial charge in [0.1, 0.15) is 5.69 Å². The van der Waals surface area contributed by atoms with Crippen molar-refractivity contribution in [2.45, 2.75) is 6.42 Å². The average Bonchev–Trinajstić information content (AvgIpc) is 2.43. The molecule has 8 nitrogen and oxygen atoms in total. The molecule has 20 heavy (non-hydrogen) atoms. The van der Waals surface area contributed by atoms with Crippen molar-refractivity contribution < 1.29 is 19.6 Å². The molecular formula is C12H15N3O5. The van der Waals surface area contributed by atoms with Crippen LogP contribution in [-0.2, 0) is 4.79 Å². The van der Waals surface area contributed by atoms with Crippen LogP contribution in [0.2, 0.25) is 0 Å². The fourth-order valence-corrected chi connectivity index (χ4v) is 1.63. The van der Waals surface area contributed by atoms with Crippen molar-refractivity contribution in [3.63, 3.8) is 0 Å². The summed E-state index contributed by atoms with van der Waals surface area (Å²) in [7, 11) is 3.06. The number of rotatable bonds is 6. The van der Waals surface area contributed by atoms with Crippen LogP contribution in [-0.4, -0.2) is 42.5 Å². The number of anilines is 1. The van der Waals surface area contributed by atoms with Gasteiger partial charge in [0, 0.05) is 33.1 Å². The predicted octanol–water partition coefficient (Wildman–Crippen LogP) is 0.865. The number of nitro benzene ring substituents is 1. The molecule has 0 bridgehead atoms. The van der Waals surface area contributed by atoms with Crippen LogP contribution in [0.5, 0.6) is 0 Å². The number of carboxylic acid groups (broad SMARTS) is 1. The van der Waals surface area contributed by atoms with Crippen molar-refractivity contribution in [3.8, 4) is 0 Å². The molecule has 8 heteroatoms. The normalized spacial score (nSPS) is 9.90. The molecule has 1 rings (SSSR count). The smallest absolute Gasteiger partial charge is 0.335 e. The summed E-state index contributed by atoms with van der Waals surface area (Å²) in [6, 6.07) is 3.55. The van der Waals surface area contributed by atoms with E-state index < -0.39 is 10.9 Å². The number of benzene rings is 1. The largest absolute Gasteiger partial charge is 0.478 e. The van der Waals surface area contributed by atoms with Crippen LogP contribution in [0.4, 0.5) is 11.4 Å². The highest BCUT2D eigenvalue weighted by Crippen LogP contribution is 2.28. The summed E-state index contributed by atoms with van der Waals surface area (Å²) < 4.78 is 0. The monoisotopic (exact) mass is 281 g/mol. The zero-order chi connectivity index (χ0) is 15.3. The van der Waals surface area contributed by atoms with Gasteiger partial charge in [-0.1, -0.05) is 0 Å². The first-order valence-corrected chi connectivity index (χ1v) is 5.80. The van der Waals surface area contributed by atoms with Crippen LogP contribution in [0.15, 0.2) is 18.2 Å². The number of aromatic carboxylic acids is 1. The second-order valence-electron chi connectivity index (χ2n) is 4.11. The van der Waals surface area contributed by atoms with Crippen molar-refractivity contribution >= 4 is 23.3 Å². The number of hydrogen-bond acceptors (Lipinski definition) is 5. The van der Waals surface area contributed by atoms with Gasteiger partial charge in [0.2, 0.25) is 5.91 Å². The summed E-state index contributed by atoms with van der Waals surface area (Å²) in [5.74, 6) is -1.37. The molecule has 0 aromatic heterocycles. The maximum absolute atomic E-state index is 11.2. The van der Waals surface area contributed by atoms with E-state index in [1.54, 1.807) is 7.05 Å². The van der Waals surface area contributed by atoms with Gasteiger partial charge in [-0.2, -0.15) is 0 Å². The summed E-state index contributed by atoms with van der Waals surface area (Å²) in [6.07, 6.45) is 0.154. The molecule has 0 unspecified atom stereocenters. The van der Waals surface area contributed by atoms with E-state index in [4.69, 9.17) is 5.11 Å². The number of nitro groups is 1. The van der Waals surface area contributed by atoms with E-state index in [0.717, 1.165) is 6.07 Å². The molecule has 0 saturated heterocycles. The minimum atomic E-state index is -1.17. The van der Waals surface area contributed by atoms with Gasteiger partial charge in [0.05, 0.1) is 10.5 Å². The fraction of sp³-hybridized carbons (Fsp3) is 0.333. The van der Waals surface area contributed by atoms with E-state index in [2.05, 4.69) is 5.32 Å². The van der Waals surface area contributed by atoms with E-state index in [1.807, 2.05) is 0 Å². The third-order valence-electron chi connectivity index (χ3n) is 2.78. The predicted molar refractivity (Wildman–Crippen MR) is 72.0 cm³/mol. The molecule has 0 aliphatic rings. The second-order valence-corrected chi connectivity index (χ2v) is 4.11. The molecule has 0 heterocycles. The zero-order valence-electron chi connectivity index (χ0n) is 11.1. The number of hydrogen-bond donors (Lipinski definition) is 2. The number of nitrogens with zero attached hydrogens (tertiary/aromatic N) is 2. The van der Waals surface area contributed by atoms with Crippen LogP contribution < -0.4 is 10.2 Å². The molecule has 1 aromatic rings. The Kier molecular flexibility index (Phi) is 5.01. The van der Waals surface area contributed by atoms with Crippen LogP contribution in [0.25, 0.3) is 0 Å². The SMILES string of the molecule is CNC(=O)CCN(C)c1cc(C(=O)O)ccc1[N+](=O)[O-]. The van der Waals surface area contributed by atoms with Gasteiger partial charge in [-0.15, -0.1) is 0 Å². The van der Waals surface area contributed by atoms with Gasteiger partial charge in [-0.3, -0.25) is 14.9 Å². The third kappa shape index (κ3) is 3.67. The Morgan fingerprint density at radius 1 is 1.45 bits per heavy atom. The van der Waals surface area contributed by atoms with Crippen LogP contribution in [0.1, 0.15) is 16.8 Å². The average molecular weight is 281 g/mol. The minimum Gasteiger partial charge on any atom is -0.478 e. The Hall–Kier alpha value is -2.64. The van der Waals surface area contributed by atoms with E-state index in [0.29, 0.717) is 0 Å². The van der Waals surface area contributed by atoms with Gasteiger partial charge >= 0.3 is 5.97 Å². The number of amides is 1. The lowest BCUT2D eigenvalue weighted by Gasteiger charge is -2.19. The van der Waals surface area contributed by atoms with E-state index in [9.17, 15) is 19.7 Å². The van der Waals surface area contributed by atoms with Crippen molar-refractivity contribution in [2.75, 3.05) is 25.5 Å². The maximum Gasteiger partial charge on any atom is 0.335 e. The van der Waals surface area contributed by atoms with Crippen LogP contribution >= 0.6 is 0 Å². The topological polar surface area (TPSA) is 113 Å². The first-order valence-electron chi connectivity index (χ1n) is 5.80. The first-order chi connectivity index (χ1) is 9.36. The Bertz CT molecular complexity index is 544. The van der Waals surface area contributed by atoms with E-state index in [-0.39, 0.29) is 35.8 Å². The molecule has 0 aliphatic carbocycles. The van der Waals surface area contributed by atoms with Crippen LogP contribution in [0.3, 0.4) is 0 Å². The number of carboxylic acids is 1. The molecule has 2 N–H and O–H groups in total. The summed E-state index contributed by atoms with van der Waals surface area (Å²) in [5, 5.41) is 22.3. The molecule has 0 aliphatic heterocycles. The van der Waals surface area contributed by atoms with Gasteiger partial charge in [-0.05, 0) is 12.1 Å². The Balaban J connectivity index is 3.05. The highest BCUT2D eigenvalue weighted by Gasteiger charge is 2.19. The minimum absolute atomic E-state index is 0.0441. The summed E-state index contributed by atoms with van der Waals surface area (Å²) in [4.78, 5) is 33.9. The molecule has 0 spiro atoms. The Morgan fingerprint density at radius 3 is 2.60 bits per heavy atom. The third-order valence-corrected chi connectivity index (χ3v) is 2.78. The molecular weight excluding hydrogens is 266 g/mol. The van der Waals surface area contributed by atoms with E-state index >= 15 is 0 Å². The molecule has 1 aromatic carbocycles. The molecule has 108 valence electrons. The summed E-state index contributed by atoms with van der Waals surface area (Å²) in [6.45, 7) is 0.240. The van der Waals surface area contributed by atoms with Gasteiger partial charge < -0.3 is 15.3 Å². The fourth-order valence-electron chi connectivity index (χ4n) is 1.63. The van der Waals surface area contributed by atoms with Crippen molar-refractivity contribution in [1.82, 2.24) is 5.32 Å². The quantitative estimate of drug-likeness (QED) is 0.590. The summed E-state index contributed by atoms with van der Waals surface area (Å²) in [5.41, 5.74) is -0.0781. The number of carbonyl (C=O) groups excluding carboxylic acids is 1. The zero-order valence-corrected chi connectivity index (χ0v) is 11.1. The molecule has 0 radical (unpaired) electrons. The molecule has 0 atom stereocenters. The van der Waals surface area contributed by atoms with Crippen LogP contribution in [0, 0.1) is 10.1 Å². The van der Waals surface area contributed by atoms with Gasteiger partial charge in [-0.25, -0.2) is 4.79 Å². The Labute approximate surface area is 115 Å². The highest BCUT2D eigenvalue weighted by atomic mass is 16.6. The molecule has 0 saturated carbocycles. The first kappa shape index (κ1) is 15.4. The lowest BCUT2D eigenvalue weighted by Crippen LogP contribution is -2.26. The molecule has 1 amide bonds. The van der Waals surface area contributed by atoms with Crippen molar-refractivity contribution in [2.24, 2.45) is 0 Å². The number of nitrogens with one attached hydrogen (secondary N) is 1. The molecule has 0 fully saturated rings. The second kappa shape index (κ2) is 6.50. The van der Waals surface area contributed by atoms with Crippen molar-refractivity contribution in [3.05, 3.63) is 33.9 Å². The lowest BCUT2D eigenvalue weighted by molar-refractivity contribution is -0.384. The standard InChI is InChI=1S/C12H15N3O5/c1-13-11(16)5-6-14(2)10-7-8(12(17)18)3-4-9(10)15(19)20/h3-4,7H,5-6H2,1-2H3,(H,13,16)(H,17,18). The number of carbonyl (C=O) groups is 2. The van der Waals surface area contributed by atoms with E-state index in [1.165, 1.54) is 24.1 Å². The van der Waals surface area contributed by atoms with Gasteiger partial charge in [0.25, 0.3) is 5.69 Å².